The van der Waals surface area contributed by atoms with Gasteiger partial charge in [-0.2, -0.15) is 0 Å². The van der Waals surface area contributed by atoms with Crippen LogP contribution in [0.4, 0.5) is 4.39 Å². The summed E-state index contributed by atoms with van der Waals surface area (Å²) in [5, 5.41) is 0. The van der Waals surface area contributed by atoms with Gasteiger partial charge in [-0.3, -0.25) is 0 Å². The van der Waals surface area contributed by atoms with Gasteiger partial charge in [0.25, 0.3) is 0 Å². The Morgan fingerprint density at radius 3 is 2.25 bits per heavy atom. The lowest BCUT2D eigenvalue weighted by molar-refractivity contribution is 0.721. The van der Waals surface area contributed by atoms with Gasteiger partial charge in [-0.05, 0) is 12.0 Å². The van der Waals surface area contributed by atoms with Gasteiger partial charge in [0, 0.05) is 4.86 Å². The molecule has 8 heavy (non-hydrogen) atoms. The van der Waals surface area contributed by atoms with Crippen molar-refractivity contribution >= 4 is 17.1 Å². The molecule has 2 heteroatoms. The fraction of sp³-hybridized carbons (Fsp3) is 0.500. The fourth-order valence-electron chi connectivity index (χ4n) is 0.255. The topological polar surface area (TPSA) is 0 Å². The maximum atomic E-state index is 11.3. The molecule has 0 nitrogen and oxygen atoms in total. The molecule has 0 saturated heterocycles. The van der Waals surface area contributed by atoms with Crippen molar-refractivity contribution in [1.82, 2.24) is 0 Å². The molecule has 0 rings (SSSR count). The predicted octanol–water partition coefficient (Wildman–Crippen LogP) is 2.50. The molecule has 0 bridgehead atoms. The van der Waals surface area contributed by atoms with Crippen LogP contribution >= 0.6 is 12.2 Å². The Labute approximate surface area is 54.4 Å². The van der Waals surface area contributed by atoms with Crippen molar-refractivity contribution in [2.45, 2.75) is 13.8 Å². The van der Waals surface area contributed by atoms with E-state index in [2.05, 4.69) is 0 Å². The minimum atomic E-state index is 0.275. The van der Waals surface area contributed by atoms with Crippen LogP contribution in [0.5, 0.6) is 0 Å². The second-order valence-electron chi connectivity index (χ2n) is 1.85. The van der Waals surface area contributed by atoms with Gasteiger partial charge < -0.3 is 0 Å². The van der Waals surface area contributed by atoms with Crippen LogP contribution in [-0.2, 0) is 0 Å². The van der Waals surface area contributed by atoms with Crippen molar-refractivity contribution in [1.29, 1.82) is 0 Å². The molecule has 0 fully saturated rings. The van der Waals surface area contributed by atoms with E-state index in [0.29, 0.717) is 11.2 Å². The number of thiocarbonyl (C=S) groups is 1. The zero-order chi connectivity index (χ0) is 6.57. The maximum absolute atomic E-state index is 11.3. The van der Waals surface area contributed by atoms with Gasteiger partial charge in [0.15, 0.2) is 0 Å². The Hall–Kier alpha value is -0.240. The van der Waals surface area contributed by atoms with E-state index >= 15 is 0 Å². The smallest absolute Gasteiger partial charge is 0.0878 e. The van der Waals surface area contributed by atoms with Gasteiger partial charge in [-0.1, -0.05) is 26.1 Å². The Morgan fingerprint density at radius 2 is 2.12 bits per heavy atom. The fourth-order valence-corrected chi connectivity index (χ4v) is 0.306. The highest BCUT2D eigenvalue weighted by atomic mass is 32.1. The van der Waals surface area contributed by atoms with Crippen LogP contribution in [0.3, 0.4) is 0 Å². The average molecular weight is 132 g/mol. The molecule has 0 heterocycles. The van der Waals surface area contributed by atoms with E-state index < -0.39 is 0 Å². The van der Waals surface area contributed by atoms with Gasteiger partial charge in [0.05, 0.1) is 6.33 Å². The molecule has 46 valence electrons. The van der Waals surface area contributed by atoms with Gasteiger partial charge in [-0.15, -0.1) is 0 Å². The van der Waals surface area contributed by atoms with E-state index in [-0.39, 0.29) is 5.92 Å². The molecule has 0 aliphatic rings. The summed E-state index contributed by atoms with van der Waals surface area (Å²) < 4.78 is 11.3. The molecule has 0 unspecified atom stereocenters. The first-order valence-electron chi connectivity index (χ1n) is 2.49. The van der Waals surface area contributed by atoms with Crippen molar-refractivity contribution in [3.63, 3.8) is 0 Å². The lowest BCUT2D eigenvalue weighted by atomic mass is 10.1. The largest absolute Gasteiger partial charge is 0.216 e. The van der Waals surface area contributed by atoms with Gasteiger partial charge >= 0.3 is 0 Å². The van der Waals surface area contributed by atoms with Crippen LogP contribution < -0.4 is 0 Å². The van der Waals surface area contributed by atoms with E-state index in [1.54, 1.807) is 0 Å². The quantitative estimate of drug-likeness (QED) is 0.411. The Balaban J connectivity index is 3.66. The molecule has 0 spiro atoms. The number of allylic oxidation sites excluding steroid dienone is 1. The summed E-state index contributed by atoms with van der Waals surface area (Å²) in [6.45, 7) is 3.87. The van der Waals surface area contributed by atoms with E-state index in [0.717, 1.165) is 0 Å². The Bertz CT molecular complexity index is 105. The first-order chi connectivity index (χ1) is 3.68. The standard InChI is InChI=1S/C6H9FS/c1-5(2)6(8)3-4-7/h3-5H,1-2H3/b4-3-. The average Bonchev–Trinajstić information content (AvgIpc) is 1.67. The van der Waals surface area contributed by atoms with Crippen LogP contribution in [0.2, 0.25) is 0 Å². The summed E-state index contributed by atoms with van der Waals surface area (Å²) in [5.74, 6) is 0.275. The van der Waals surface area contributed by atoms with Gasteiger partial charge in [0.2, 0.25) is 0 Å². The molecule has 0 saturated carbocycles. The number of rotatable bonds is 2. The molecule has 0 N–H and O–H groups in total. The summed E-state index contributed by atoms with van der Waals surface area (Å²) >= 11 is 4.75. The molecule has 0 amide bonds. The summed E-state index contributed by atoms with van der Waals surface area (Å²) in [4.78, 5) is 0.660. The van der Waals surface area contributed by atoms with Crippen LogP contribution in [0, 0.1) is 5.92 Å². The second-order valence-corrected chi connectivity index (χ2v) is 2.32. The summed E-state index contributed by atoms with van der Waals surface area (Å²) in [6.07, 6.45) is 1.78. The molecule has 0 aromatic rings. The van der Waals surface area contributed by atoms with Gasteiger partial charge in [-0.25, -0.2) is 4.39 Å². The Kier molecular flexibility index (Phi) is 3.61. The van der Waals surface area contributed by atoms with Crippen LogP contribution in [-0.4, -0.2) is 4.86 Å². The minimum Gasteiger partial charge on any atom is -0.216 e. The zero-order valence-corrected chi connectivity index (χ0v) is 5.83. The lowest BCUT2D eigenvalue weighted by Gasteiger charge is -1.97. The number of hydrogen-bond acceptors (Lipinski definition) is 1. The number of halogens is 1. The van der Waals surface area contributed by atoms with E-state index in [1.165, 1.54) is 6.08 Å². The second kappa shape index (κ2) is 3.72. The zero-order valence-electron chi connectivity index (χ0n) is 5.02. The molecule has 0 radical (unpaired) electrons. The molecule has 0 aliphatic heterocycles. The van der Waals surface area contributed by atoms with Crippen molar-refractivity contribution in [3.05, 3.63) is 12.4 Å². The monoisotopic (exact) mass is 132 g/mol. The molecule has 0 aromatic heterocycles. The first-order valence-corrected chi connectivity index (χ1v) is 2.90. The normalized spacial score (nSPS) is 11.0. The van der Waals surface area contributed by atoms with Crippen LogP contribution in [0.25, 0.3) is 0 Å². The predicted molar refractivity (Wildman–Crippen MR) is 37.7 cm³/mol. The molecule has 0 atom stereocenters. The van der Waals surface area contributed by atoms with Crippen LogP contribution in [0.1, 0.15) is 13.8 Å². The SMILES string of the molecule is CC(C)C(=S)/C=C\F. The summed E-state index contributed by atoms with van der Waals surface area (Å²) in [5.41, 5.74) is 0. The summed E-state index contributed by atoms with van der Waals surface area (Å²) in [7, 11) is 0. The third-order valence-corrected chi connectivity index (χ3v) is 1.40. The van der Waals surface area contributed by atoms with Crippen molar-refractivity contribution in [2.75, 3.05) is 0 Å². The highest BCUT2D eigenvalue weighted by Crippen LogP contribution is 1.97. The van der Waals surface area contributed by atoms with Crippen LogP contribution in [0.15, 0.2) is 12.4 Å². The minimum absolute atomic E-state index is 0.275. The van der Waals surface area contributed by atoms with Gasteiger partial charge in [0.1, 0.15) is 0 Å². The third kappa shape index (κ3) is 2.86. The highest BCUT2D eigenvalue weighted by Gasteiger charge is 1.94. The van der Waals surface area contributed by atoms with Crippen molar-refractivity contribution in [3.8, 4) is 0 Å². The highest BCUT2D eigenvalue weighted by molar-refractivity contribution is 7.80. The molecular weight excluding hydrogens is 123 g/mol. The van der Waals surface area contributed by atoms with E-state index in [9.17, 15) is 4.39 Å². The molecule has 0 aliphatic carbocycles. The number of hydrogen-bond donors (Lipinski definition) is 0. The molecular formula is C6H9FS. The maximum Gasteiger partial charge on any atom is 0.0878 e. The third-order valence-electron chi connectivity index (χ3n) is 0.796. The first kappa shape index (κ1) is 7.76. The molecule has 0 aromatic carbocycles. The van der Waals surface area contributed by atoms with E-state index in [4.69, 9.17) is 12.2 Å². The Morgan fingerprint density at radius 1 is 1.62 bits per heavy atom. The van der Waals surface area contributed by atoms with E-state index in [1.807, 2.05) is 13.8 Å². The van der Waals surface area contributed by atoms with Crippen molar-refractivity contribution < 1.29 is 4.39 Å². The summed E-state index contributed by atoms with van der Waals surface area (Å²) in [6, 6.07) is 0. The lowest BCUT2D eigenvalue weighted by Crippen LogP contribution is -1.98. The van der Waals surface area contributed by atoms with Crippen molar-refractivity contribution in [2.24, 2.45) is 5.92 Å².